The van der Waals surface area contributed by atoms with Gasteiger partial charge in [0.15, 0.2) is 0 Å². The van der Waals surface area contributed by atoms with Gasteiger partial charge in [-0.2, -0.15) is 5.10 Å². The van der Waals surface area contributed by atoms with E-state index < -0.39 is 16.8 Å². The van der Waals surface area contributed by atoms with Crippen molar-refractivity contribution >= 4 is 28.7 Å². The molecule has 0 radical (unpaired) electrons. The van der Waals surface area contributed by atoms with Gasteiger partial charge in [-0.05, 0) is 0 Å². The molecule has 6 nitrogen and oxygen atoms in total. The molecule has 1 N–H and O–H groups in total. The Bertz CT molecular complexity index is 547. The monoisotopic (exact) mass is 294 g/mol. The van der Waals surface area contributed by atoms with Crippen molar-refractivity contribution in [3.8, 4) is 0 Å². The smallest absolute Gasteiger partial charge is 0.344 e. The average molecular weight is 294 g/mol. The van der Waals surface area contributed by atoms with Crippen LogP contribution in [0.5, 0.6) is 0 Å². The van der Waals surface area contributed by atoms with E-state index in [9.17, 15) is 9.59 Å². The summed E-state index contributed by atoms with van der Waals surface area (Å²) in [6.45, 7) is 0. The second-order valence-electron chi connectivity index (χ2n) is 4.07. The average Bonchev–Trinajstić information content (AvgIpc) is 2.92. The zero-order valence-electron chi connectivity index (χ0n) is 11.1. The number of carbonyl (C=O) groups is 2. The fourth-order valence-electron chi connectivity index (χ4n) is 1.73. The molecule has 0 fully saturated rings. The van der Waals surface area contributed by atoms with Crippen molar-refractivity contribution in [2.75, 3.05) is 14.2 Å². The molecule has 106 valence electrons. The number of ether oxygens (including phenoxy) is 2. The number of esters is 2. The van der Waals surface area contributed by atoms with Gasteiger partial charge >= 0.3 is 11.9 Å². The molecule has 0 aromatic heterocycles. The topological polar surface area (TPSA) is 77.0 Å². The van der Waals surface area contributed by atoms with Crippen LogP contribution in [0.4, 0.5) is 0 Å². The minimum atomic E-state index is -1.27. The summed E-state index contributed by atoms with van der Waals surface area (Å²) in [7, 11) is 2.54. The van der Waals surface area contributed by atoms with Gasteiger partial charge in [0.1, 0.15) is 5.04 Å². The van der Waals surface area contributed by atoms with E-state index >= 15 is 0 Å². The fraction of sp³-hybridized carbons (Fsp3) is 0.308. The summed E-state index contributed by atoms with van der Waals surface area (Å²) in [5.74, 6) is -1.08. The molecule has 7 heteroatoms. The van der Waals surface area contributed by atoms with Crippen LogP contribution in [0.25, 0.3) is 0 Å². The maximum Gasteiger partial charge on any atom is 0.344 e. The number of nitrogens with one attached hydrogen (secondary N) is 1. The number of nitrogens with zero attached hydrogens (tertiary/aromatic N) is 1. The summed E-state index contributed by atoms with van der Waals surface area (Å²) in [6, 6.07) is 9.38. The van der Waals surface area contributed by atoms with Crippen molar-refractivity contribution in [1.29, 1.82) is 0 Å². The van der Waals surface area contributed by atoms with Gasteiger partial charge in [0.25, 0.3) is 0 Å². The van der Waals surface area contributed by atoms with Crippen molar-refractivity contribution in [1.82, 2.24) is 5.43 Å². The van der Waals surface area contributed by atoms with Crippen LogP contribution in [0.15, 0.2) is 35.4 Å². The van der Waals surface area contributed by atoms with Crippen LogP contribution in [0.2, 0.25) is 0 Å². The predicted octanol–water partition coefficient (Wildman–Crippen LogP) is 1.12. The van der Waals surface area contributed by atoms with Crippen LogP contribution in [0.1, 0.15) is 12.0 Å². The Hall–Kier alpha value is -2.02. The number of hydrogen-bond donors (Lipinski definition) is 1. The molecule has 1 aromatic rings. The highest BCUT2D eigenvalue weighted by Crippen LogP contribution is 2.36. The minimum Gasteiger partial charge on any atom is -0.469 e. The molecule has 1 unspecified atom stereocenters. The van der Waals surface area contributed by atoms with E-state index in [1.54, 1.807) is 0 Å². The molecule has 0 saturated heterocycles. The third kappa shape index (κ3) is 2.77. The van der Waals surface area contributed by atoms with Gasteiger partial charge in [0.05, 0.1) is 20.6 Å². The molecular weight excluding hydrogens is 280 g/mol. The molecule has 0 saturated carbocycles. The molecule has 2 rings (SSSR count). The number of methoxy groups -OCH3 is 2. The van der Waals surface area contributed by atoms with Crippen molar-refractivity contribution in [3.63, 3.8) is 0 Å². The van der Waals surface area contributed by atoms with Gasteiger partial charge in [-0.25, -0.2) is 4.79 Å². The number of thioether (sulfide) groups is 1. The van der Waals surface area contributed by atoms with E-state index in [4.69, 9.17) is 4.74 Å². The number of carbonyl (C=O) groups excluding carboxylic acids is 2. The standard InChI is InChI=1S/C13H14N2O4S/c1-18-10(16)8-13(12(17)19-2)15-14-11(20-13)9-6-4-3-5-7-9/h3-7,15H,8H2,1-2H3. The van der Waals surface area contributed by atoms with Crippen molar-refractivity contribution in [2.45, 2.75) is 11.3 Å². The SMILES string of the molecule is COC(=O)CC1(C(=O)OC)NN=C(c2ccccc2)S1. The lowest BCUT2D eigenvalue weighted by molar-refractivity contribution is -0.150. The van der Waals surface area contributed by atoms with Gasteiger partial charge in [0.2, 0.25) is 4.87 Å². The van der Waals surface area contributed by atoms with Crippen molar-refractivity contribution in [3.05, 3.63) is 35.9 Å². The lowest BCUT2D eigenvalue weighted by atomic mass is 10.2. The summed E-state index contributed by atoms with van der Waals surface area (Å²) in [5.41, 5.74) is 3.57. The molecular formula is C13H14N2O4S. The molecule has 0 spiro atoms. The summed E-state index contributed by atoms with van der Waals surface area (Å²) in [4.78, 5) is 22.2. The van der Waals surface area contributed by atoms with E-state index in [0.717, 1.165) is 17.3 Å². The highest BCUT2D eigenvalue weighted by Gasteiger charge is 2.48. The summed E-state index contributed by atoms with van der Waals surface area (Å²) >= 11 is 1.15. The van der Waals surface area contributed by atoms with E-state index in [1.807, 2.05) is 30.3 Å². The summed E-state index contributed by atoms with van der Waals surface area (Å²) in [5, 5.41) is 4.76. The van der Waals surface area contributed by atoms with Crippen LogP contribution < -0.4 is 5.43 Å². The van der Waals surface area contributed by atoms with Crippen LogP contribution in [0, 0.1) is 0 Å². The van der Waals surface area contributed by atoms with Crippen LogP contribution in [-0.2, 0) is 19.1 Å². The van der Waals surface area contributed by atoms with Crippen molar-refractivity contribution in [2.24, 2.45) is 5.10 Å². The molecule has 20 heavy (non-hydrogen) atoms. The summed E-state index contributed by atoms with van der Waals surface area (Å²) < 4.78 is 9.39. The van der Waals surface area contributed by atoms with E-state index in [-0.39, 0.29) is 6.42 Å². The first kappa shape index (κ1) is 14.4. The van der Waals surface area contributed by atoms with Gasteiger partial charge < -0.3 is 9.47 Å². The van der Waals surface area contributed by atoms with Crippen LogP contribution in [-0.4, -0.2) is 36.1 Å². The molecule has 1 atom stereocenters. The van der Waals surface area contributed by atoms with Crippen LogP contribution >= 0.6 is 11.8 Å². The van der Waals surface area contributed by atoms with Crippen LogP contribution in [0.3, 0.4) is 0 Å². The largest absolute Gasteiger partial charge is 0.469 e. The lowest BCUT2D eigenvalue weighted by Gasteiger charge is -2.23. The first-order chi connectivity index (χ1) is 9.61. The molecule has 0 aliphatic carbocycles. The van der Waals surface area contributed by atoms with Gasteiger partial charge in [-0.15, -0.1) is 0 Å². The Balaban J connectivity index is 2.22. The zero-order valence-corrected chi connectivity index (χ0v) is 11.9. The minimum absolute atomic E-state index is 0.166. The quantitative estimate of drug-likeness (QED) is 0.839. The van der Waals surface area contributed by atoms with Gasteiger partial charge in [0, 0.05) is 5.56 Å². The Kier molecular flexibility index (Phi) is 4.29. The third-order valence-electron chi connectivity index (χ3n) is 2.77. The predicted molar refractivity (Wildman–Crippen MR) is 75.1 cm³/mol. The fourth-order valence-corrected chi connectivity index (χ4v) is 2.85. The number of hydrogen-bond acceptors (Lipinski definition) is 7. The number of rotatable bonds is 4. The van der Waals surface area contributed by atoms with Gasteiger partial charge in [-0.3, -0.25) is 10.2 Å². The zero-order chi connectivity index (χ0) is 14.6. The first-order valence-electron chi connectivity index (χ1n) is 5.86. The highest BCUT2D eigenvalue weighted by molar-refractivity contribution is 8.16. The number of hydrazone groups is 1. The normalized spacial score (nSPS) is 20.8. The van der Waals surface area contributed by atoms with Gasteiger partial charge in [-0.1, -0.05) is 42.1 Å². The Morgan fingerprint density at radius 1 is 1.25 bits per heavy atom. The number of benzene rings is 1. The third-order valence-corrected chi connectivity index (χ3v) is 4.04. The van der Waals surface area contributed by atoms with E-state index in [2.05, 4.69) is 15.3 Å². The maximum atomic E-state index is 12.0. The first-order valence-corrected chi connectivity index (χ1v) is 6.67. The van der Waals surface area contributed by atoms with E-state index in [0.29, 0.717) is 5.04 Å². The summed E-state index contributed by atoms with van der Waals surface area (Å²) in [6.07, 6.45) is -0.166. The Morgan fingerprint density at radius 2 is 1.95 bits per heavy atom. The Labute approximate surface area is 120 Å². The molecule has 1 heterocycles. The second-order valence-corrected chi connectivity index (χ2v) is 5.36. The molecule has 1 aliphatic heterocycles. The molecule has 0 bridgehead atoms. The second kappa shape index (κ2) is 5.96. The highest BCUT2D eigenvalue weighted by atomic mass is 32.2. The maximum absolute atomic E-state index is 12.0. The Morgan fingerprint density at radius 3 is 2.55 bits per heavy atom. The molecule has 1 aromatic carbocycles. The van der Waals surface area contributed by atoms with Crippen molar-refractivity contribution < 1.29 is 19.1 Å². The molecule has 0 amide bonds. The van der Waals surface area contributed by atoms with E-state index in [1.165, 1.54) is 14.2 Å². The molecule has 1 aliphatic rings. The lowest BCUT2D eigenvalue weighted by Crippen LogP contribution is -2.47.